The number of ether oxygens (including phenoxy) is 1. The summed E-state index contributed by atoms with van der Waals surface area (Å²) in [5, 5.41) is 2.88. The summed E-state index contributed by atoms with van der Waals surface area (Å²) in [6.45, 7) is 4.61. The van der Waals surface area contributed by atoms with Crippen molar-refractivity contribution >= 4 is 31.7 Å². The Morgan fingerprint density at radius 1 is 1.06 bits per heavy atom. The first-order valence-corrected chi connectivity index (χ1v) is 12.5. The van der Waals surface area contributed by atoms with E-state index in [-0.39, 0.29) is 21.7 Å². The number of halogens is 2. The summed E-state index contributed by atoms with van der Waals surface area (Å²) in [7, 11) is -4.01. The second-order valence-electron chi connectivity index (χ2n) is 7.35. The highest BCUT2D eigenvalue weighted by Gasteiger charge is 2.28. The maximum absolute atomic E-state index is 13.3. The third-order valence-corrected chi connectivity index (χ3v) is 7.31. The van der Waals surface area contributed by atoms with Crippen LogP contribution in [0.5, 0.6) is 0 Å². The zero-order valence-corrected chi connectivity index (χ0v) is 19.7. The molecule has 0 bridgehead atoms. The van der Waals surface area contributed by atoms with E-state index in [1.165, 1.54) is 12.1 Å². The summed E-state index contributed by atoms with van der Waals surface area (Å²) in [4.78, 5) is 6.55. The number of morpholine rings is 1. The molecule has 0 spiro atoms. The molecule has 1 fully saturated rings. The Bertz CT molecular complexity index is 1140. The molecule has 1 aliphatic rings. The third-order valence-electron chi connectivity index (χ3n) is 5.11. The largest absolute Gasteiger partial charge is 0.419 e. The zero-order chi connectivity index (χ0) is 22.6. The number of hydrogen-bond donors (Lipinski definition) is 1. The normalized spacial score (nSPS) is 15.1. The number of nitrogens with zero attached hydrogens (tertiary/aromatic N) is 2. The van der Waals surface area contributed by atoms with Gasteiger partial charge in [0, 0.05) is 29.7 Å². The minimum atomic E-state index is -4.01. The lowest BCUT2D eigenvalue weighted by Crippen LogP contribution is -2.37. The first kappa shape index (κ1) is 22.9. The number of hydrogen-bond acceptors (Lipinski definition) is 7. The van der Waals surface area contributed by atoms with E-state index in [9.17, 15) is 12.8 Å². The average Bonchev–Trinajstić information content (AvgIpc) is 3.23. The maximum atomic E-state index is 13.3. The molecule has 1 saturated heterocycles. The highest BCUT2D eigenvalue weighted by Crippen LogP contribution is 2.32. The van der Waals surface area contributed by atoms with Crippen LogP contribution in [0.15, 0.2) is 67.3 Å². The van der Waals surface area contributed by atoms with E-state index in [1.54, 1.807) is 12.1 Å². The topological polar surface area (TPSA) is 84.7 Å². The van der Waals surface area contributed by atoms with Gasteiger partial charge < -0.3 is 14.5 Å². The third kappa shape index (κ3) is 5.37. The minimum absolute atomic E-state index is 0.0501. The van der Waals surface area contributed by atoms with Gasteiger partial charge in [-0.25, -0.2) is 12.8 Å². The van der Waals surface area contributed by atoms with Crippen LogP contribution < -0.4 is 5.32 Å². The standard InChI is InChI=1S/C22H23BrFN3O4S/c23-17-4-2-16(3-5-17)20-26-22(32(28,29)19-8-6-18(24)7-9-19)21(31-20)25-10-1-11-27-12-14-30-15-13-27/h2-9,25H,1,10-15H2. The van der Waals surface area contributed by atoms with Gasteiger partial charge in [-0.3, -0.25) is 4.90 Å². The Kier molecular flexibility index (Phi) is 7.24. The minimum Gasteiger partial charge on any atom is -0.419 e. The molecular weight excluding hydrogens is 501 g/mol. The summed E-state index contributed by atoms with van der Waals surface area (Å²) in [6, 6.07) is 11.9. The lowest BCUT2D eigenvalue weighted by molar-refractivity contribution is 0.0378. The fraction of sp³-hybridized carbons (Fsp3) is 0.318. The Hall–Kier alpha value is -2.27. The van der Waals surface area contributed by atoms with Gasteiger partial charge in [-0.1, -0.05) is 15.9 Å². The number of nitrogens with one attached hydrogen (secondary N) is 1. The van der Waals surface area contributed by atoms with Crippen LogP contribution in [0.1, 0.15) is 6.42 Å². The van der Waals surface area contributed by atoms with Crippen molar-refractivity contribution in [1.29, 1.82) is 0 Å². The van der Waals surface area contributed by atoms with E-state index in [2.05, 4.69) is 31.1 Å². The molecule has 0 unspecified atom stereocenters. The molecule has 4 rings (SSSR count). The van der Waals surface area contributed by atoms with Crippen molar-refractivity contribution in [2.24, 2.45) is 0 Å². The van der Waals surface area contributed by atoms with Gasteiger partial charge in [-0.15, -0.1) is 0 Å². The molecule has 32 heavy (non-hydrogen) atoms. The van der Waals surface area contributed by atoms with Crippen LogP contribution in [0, 0.1) is 5.82 Å². The van der Waals surface area contributed by atoms with Crippen molar-refractivity contribution in [2.75, 3.05) is 44.7 Å². The van der Waals surface area contributed by atoms with Gasteiger partial charge in [0.15, 0.2) is 0 Å². The second kappa shape index (κ2) is 10.1. The molecule has 2 aromatic carbocycles. The van der Waals surface area contributed by atoms with Gasteiger partial charge in [0.2, 0.25) is 26.6 Å². The van der Waals surface area contributed by atoms with Crippen LogP contribution in [0.3, 0.4) is 0 Å². The monoisotopic (exact) mass is 523 g/mol. The van der Waals surface area contributed by atoms with Gasteiger partial charge in [0.1, 0.15) is 5.82 Å². The molecule has 0 atom stereocenters. The Morgan fingerprint density at radius 2 is 1.75 bits per heavy atom. The first-order chi connectivity index (χ1) is 15.4. The summed E-state index contributed by atoms with van der Waals surface area (Å²) < 4.78 is 51.9. The molecule has 0 saturated carbocycles. The van der Waals surface area contributed by atoms with Crippen molar-refractivity contribution in [2.45, 2.75) is 16.3 Å². The van der Waals surface area contributed by atoms with Crippen molar-refractivity contribution in [3.05, 3.63) is 58.8 Å². The molecule has 0 amide bonds. The lowest BCUT2D eigenvalue weighted by atomic mass is 10.2. The zero-order valence-electron chi connectivity index (χ0n) is 17.3. The van der Waals surface area contributed by atoms with Gasteiger partial charge >= 0.3 is 0 Å². The number of anilines is 1. The maximum Gasteiger partial charge on any atom is 0.233 e. The van der Waals surface area contributed by atoms with Gasteiger partial charge in [-0.05, 0) is 61.5 Å². The summed E-state index contributed by atoms with van der Waals surface area (Å²) in [6.07, 6.45) is 0.796. The molecule has 2 heterocycles. The highest BCUT2D eigenvalue weighted by molar-refractivity contribution is 9.10. The number of aromatic nitrogens is 1. The SMILES string of the molecule is O=S(=O)(c1ccc(F)cc1)c1nc(-c2ccc(Br)cc2)oc1NCCCN1CCOCC1. The van der Waals surface area contributed by atoms with Crippen LogP contribution in [-0.4, -0.2) is 57.7 Å². The molecule has 170 valence electrons. The van der Waals surface area contributed by atoms with Crippen LogP contribution in [0.4, 0.5) is 10.3 Å². The molecule has 1 aliphatic heterocycles. The van der Waals surface area contributed by atoms with E-state index in [1.807, 2.05) is 12.1 Å². The summed E-state index contributed by atoms with van der Waals surface area (Å²) in [5.74, 6) is -0.246. The van der Waals surface area contributed by atoms with Crippen molar-refractivity contribution in [3.8, 4) is 11.5 Å². The number of sulfone groups is 1. The molecule has 7 nitrogen and oxygen atoms in total. The van der Waals surface area contributed by atoms with Gasteiger partial charge in [0.05, 0.1) is 18.1 Å². The first-order valence-electron chi connectivity index (χ1n) is 10.2. The fourth-order valence-electron chi connectivity index (χ4n) is 3.37. The van der Waals surface area contributed by atoms with E-state index >= 15 is 0 Å². The smallest absolute Gasteiger partial charge is 0.233 e. The Balaban J connectivity index is 1.58. The quantitative estimate of drug-likeness (QED) is 0.349. The van der Waals surface area contributed by atoms with Crippen LogP contribution in [0.25, 0.3) is 11.5 Å². The molecular formula is C22H23BrFN3O4S. The number of benzene rings is 2. The predicted octanol–water partition coefficient (Wildman–Crippen LogP) is 4.21. The van der Waals surface area contributed by atoms with Crippen molar-refractivity contribution in [1.82, 2.24) is 9.88 Å². The Labute approximate surface area is 194 Å². The van der Waals surface area contributed by atoms with E-state index in [4.69, 9.17) is 9.15 Å². The summed E-state index contributed by atoms with van der Waals surface area (Å²) in [5.41, 5.74) is 0.644. The summed E-state index contributed by atoms with van der Waals surface area (Å²) >= 11 is 3.38. The van der Waals surface area contributed by atoms with Crippen molar-refractivity contribution in [3.63, 3.8) is 0 Å². The van der Waals surface area contributed by atoms with E-state index < -0.39 is 15.7 Å². The van der Waals surface area contributed by atoms with E-state index in [0.29, 0.717) is 12.1 Å². The van der Waals surface area contributed by atoms with Crippen LogP contribution in [-0.2, 0) is 14.6 Å². The highest BCUT2D eigenvalue weighted by atomic mass is 79.9. The van der Waals surface area contributed by atoms with Crippen molar-refractivity contribution < 1.29 is 22.0 Å². The fourth-order valence-corrected chi connectivity index (χ4v) is 4.91. The molecule has 0 radical (unpaired) electrons. The molecule has 1 N–H and O–H groups in total. The predicted molar refractivity (Wildman–Crippen MR) is 122 cm³/mol. The van der Waals surface area contributed by atoms with Crippen LogP contribution in [0.2, 0.25) is 0 Å². The molecule has 3 aromatic rings. The Morgan fingerprint density at radius 3 is 2.44 bits per heavy atom. The van der Waals surface area contributed by atoms with Gasteiger partial charge in [-0.2, -0.15) is 4.98 Å². The molecule has 10 heteroatoms. The van der Waals surface area contributed by atoms with Gasteiger partial charge in [0.25, 0.3) is 0 Å². The second-order valence-corrected chi connectivity index (χ2v) is 10.1. The van der Waals surface area contributed by atoms with Crippen LogP contribution >= 0.6 is 15.9 Å². The lowest BCUT2D eigenvalue weighted by Gasteiger charge is -2.26. The average molecular weight is 524 g/mol. The number of oxazole rings is 1. The molecule has 1 aromatic heterocycles. The number of rotatable bonds is 8. The molecule has 0 aliphatic carbocycles. The van der Waals surface area contributed by atoms with E-state index in [0.717, 1.165) is 55.9 Å².